The van der Waals surface area contributed by atoms with Gasteiger partial charge in [0.2, 0.25) is 10.0 Å². The number of anilines is 1. The number of alkyl halides is 1. The smallest absolute Gasteiger partial charge is 0.251 e. The van der Waals surface area contributed by atoms with Gasteiger partial charge in [0.05, 0.1) is 16.5 Å². The van der Waals surface area contributed by atoms with E-state index in [4.69, 9.17) is 23.2 Å². The molecule has 1 rings (SSSR count). The first-order valence-electron chi connectivity index (χ1n) is 4.97. The zero-order chi connectivity index (χ0) is 13.8. The van der Waals surface area contributed by atoms with Gasteiger partial charge in [-0.2, -0.15) is 0 Å². The Labute approximate surface area is 116 Å². The lowest BCUT2D eigenvalue weighted by Gasteiger charge is -2.10. The molecule has 0 aliphatic carbocycles. The summed E-state index contributed by atoms with van der Waals surface area (Å²) in [6, 6.07) is 4.32. The van der Waals surface area contributed by atoms with E-state index >= 15 is 0 Å². The van der Waals surface area contributed by atoms with E-state index < -0.39 is 10.0 Å². The van der Waals surface area contributed by atoms with Crippen molar-refractivity contribution >= 4 is 44.8 Å². The number of benzene rings is 1. The number of rotatable bonds is 5. The van der Waals surface area contributed by atoms with Crippen molar-refractivity contribution in [2.75, 3.05) is 23.4 Å². The molecule has 1 amide bonds. The molecule has 8 heteroatoms. The number of hydrogen-bond donors (Lipinski definition) is 2. The lowest BCUT2D eigenvalue weighted by Crippen LogP contribution is -2.20. The molecular formula is C10H12Cl2N2O3S. The largest absolute Gasteiger partial charge is 0.355 e. The zero-order valence-electron chi connectivity index (χ0n) is 9.54. The lowest BCUT2D eigenvalue weighted by molar-refractivity contribution is 0.0963. The van der Waals surface area contributed by atoms with Crippen LogP contribution in [0, 0.1) is 0 Å². The number of carbonyl (C=O) groups excluding carboxylic acids is 1. The Balaban J connectivity index is 3.05. The number of sulfonamides is 1. The normalized spacial score (nSPS) is 11.1. The number of halogens is 2. The Morgan fingerprint density at radius 2 is 2.06 bits per heavy atom. The predicted octanol–water partition coefficient (Wildman–Crippen LogP) is 1.68. The molecule has 0 bridgehead atoms. The van der Waals surface area contributed by atoms with Crippen molar-refractivity contribution < 1.29 is 13.2 Å². The molecule has 0 aromatic heterocycles. The molecular weight excluding hydrogens is 299 g/mol. The van der Waals surface area contributed by atoms with E-state index in [1.807, 2.05) is 0 Å². The second kappa shape index (κ2) is 6.26. The van der Waals surface area contributed by atoms with Gasteiger partial charge >= 0.3 is 0 Å². The van der Waals surface area contributed by atoms with Crippen LogP contribution in [-0.4, -0.2) is 33.0 Å². The van der Waals surface area contributed by atoms with Gasteiger partial charge in [0.25, 0.3) is 5.91 Å². The molecule has 0 aliphatic rings. The summed E-state index contributed by atoms with van der Waals surface area (Å²) in [4.78, 5) is 11.4. The van der Waals surface area contributed by atoms with Crippen molar-refractivity contribution in [3.05, 3.63) is 28.8 Å². The summed E-state index contributed by atoms with van der Waals surface area (Å²) in [5.74, 6) is -0.582. The molecule has 5 nitrogen and oxygen atoms in total. The second-order valence-corrected chi connectivity index (χ2v) is 6.01. The summed E-state index contributed by atoms with van der Waals surface area (Å²) in [6.45, 7) is 0. The summed E-state index contributed by atoms with van der Waals surface area (Å²) in [6.07, 6.45) is 0. The molecule has 0 saturated heterocycles. The van der Waals surface area contributed by atoms with Gasteiger partial charge in [0, 0.05) is 18.5 Å². The molecule has 0 fully saturated rings. The zero-order valence-corrected chi connectivity index (χ0v) is 11.9. The Hall–Kier alpha value is -0.980. The van der Waals surface area contributed by atoms with Gasteiger partial charge in [-0.25, -0.2) is 8.42 Å². The van der Waals surface area contributed by atoms with E-state index in [2.05, 4.69) is 10.0 Å². The van der Waals surface area contributed by atoms with Crippen molar-refractivity contribution in [2.24, 2.45) is 0 Å². The average molecular weight is 311 g/mol. The van der Waals surface area contributed by atoms with Gasteiger partial charge in [-0.15, -0.1) is 11.6 Å². The number of carbonyl (C=O) groups is 1. The fourth-order valence-corrected chi connectivity index (χ4v) is 2.85. The van der Waals surface area contributed by atoms with Gasteiger partial charge in [-0.05, 0) is 18.2 Å². The Bertz CT molecular complexity index is 546. The van der Waals surface area contributed by atoms with Crippen LogP contribution in [0.4, 0.5) is 5.69 Å². The summed E-state index contributed by atoms with van der Waals surface area (Å²) >= 11 is 11.2. The van der Waals surface area contributed by atoms with E-state index in [0.29, 0.717) is 5.56 Å². The molecule has 0 heterocycles. The molecule has 0 saturated carbocycles. The van der Waals surface area contributed by atoms with Crippen LogP contribution < -0.4 is 10.0 Å². The van der Waals surface area contributed by atoms with Crippen molar-refractivity contribution in [2.45, 2.75) is 0 Å². The van der Waals surface area contributed by atoms with E-state index in [-0.39, 0.29) is 28.3 Å². The van der Waals surface area contributed by atoms with Crippen molar-refractivity contribution in [1.29, 1.82) is 0 Å². The first-order chi connectivity index (χ1) is 8.39. The first kappa shape index (κ1) is 15.1. The standard InChI is InChI=1S/C10H12Cl2N2O3S/c1-13-10(15)7-2-3-8(12)9(6-7)14-18(16,17)5-4-11/h2-3,6,14H,4-5H2,1H3,(H,13,15). The van der Waals surface area contributed by atoms with E-state index in [9.17, 15) is 13.2 Å². The van der Waals surface area contributed by atoms with Crippen molar-refractivity contribution in [3.63, 3.8) is 0 Å². The predicted molar refractivity (Wildman–Crippen MR) is 73.0 cm³/mol. The van der Waals surface area contributed by atoms with Crippen molar-refractivity contribution in [1.82, 2.24) is 5.32 Å². The Morgan fingerprint density at radius 3 is 2.61 bits per heavy atom. The lowest BCUT2D eigenvalue weighted by atomic mass is 10.2. The topological polar surface area (TPSA) is 75.3 Å². The maximum Gasteiger partial charge on any atom is 0.251 e. The van der Waals surface area contributed by atoms with Crippen LogP contribution in [0.3, 0.4) is 0 Å². The molecule has 0 aliphatic heterocycles. The van der Waals surface area contributed by atoms with Gasteiger partial charge in [-0.1, -0.05) is 11.6 Å². The van der Waals surface area contributed by atoms with E-state index in [1.165, 1.54) is 25.2 Å². The molecule has 1 aromatic carbocycles. The highest BCUT2D eigenvalue weighted by atomic mass is 35.5. The summed E-state index contributed by atoms with van der Waals surface area (Å²) in [7, 11) is -2.07. The number of amides is 1. The summed E-state index contributed by atoms with van der Waals surface area (Å²) in [5, 5.41) is 2.64. The number of hydrogen-bond acceptors (Lipinski definition) is 3. The van der Waals surface area contributed by atoms with E-state index in [0.717, 1.165) is 0 Å². The third-order valence-electron chi connectivity index (χ3n) is 2.07. The van der Waals surface area contributed by atoms with Gasteiger partial charge in [0.1, 0.15) is 0 Å². The summed E-state index contributed by atoms with van der Waals surface area (Å²) < 4.78 is 25.4. The van der Waals surface area contributed by atoms with Crippen molar-refractivity contribution in [3.8, 4) is 0 Å². The van der Waals surface area contributed by atoms with Gasteiger partial charge in [0.15, 0.2) is 0 Å². The monoisotopic (exact) mass is 310 g/mol. The minimum atomic E-state index is -3.55. The third-order valence-corrected chi connectivity index (χ3v) is 4.08. The van der Waals surface area contributed by atoms with Crippen LogP contribution in [-0.2, 0) is 10.0 Å². The Morgan fingerprint density at radius 1 is 1.39 bits per heavy atom. The maximum absolute atomic E-state index is 11.5. The van der Waals surface area contributed by atoms with Crippen LogP contribution in [0.2, 0.25) is 5.02 Å². The van der Waals surface area contributed by atoms with Crippen LogP contribution in [0.25, 0.3) is 0 Å². The van der Waals surface area contributed by atoms with Crippen LogP contribution in [0.15, 0.2) is 18.2 Å². The first-order valence-corrected chi connectivity index (χ1v) is 7.54. The van der Waals surface area contributed by atoms with E-state index in [1.54, 1.807) is 0 Å². The summed E-state index contributed by atoms with van der Waals surface area (Å²) in [5.41, 5.74) is 0.466. The maximum atomic E-state index is 11.5. The molecule has 0 atom stereocenters. The Kier molecular flexibility index (Phi) is 5.25. The minimum Gasteiger partial charge on any atom is -0.355 e. The minimum absolute atomic E-state index is 0.0257. The molecule has 100 valence electrons. The van der Waals surface area contributed by atoms with Gasteiger partial charge < -0.3 is 5.32 Å². The third kappa shape index (κ3) is 4.04. The molecule has 2 N–H and O–H groups in total. The van der Waals surface area contributed by atoms with Gasteiger partial charge in [-0.3, -0.25) is 9.52 Å². The molecule has 0 unspecified atom stereocenters. The highest BCUT2D eigenvalue weighted by molar-refractivity contribution is 7.92. The SMILES string of the molecule is CNC(=O)c1ccc(Cl)c(NS(=O)(=O)CCCl)c1. The number of nitrogens with one attached hydrogen (secondary N) is 2. The van der Waals surface area contributed by atoms with Crippen LogP contribution >= 0.6 is 23.2 Å². The molecule has 0 spiro atoms. The molecule has 1 aromatic rings. The highest BCUT2D eigenvalue weighted by Gasteiger charge is 2.13. The quantitative estimate of drug-likeness (QED) is 0.812. The highest BCUT2D eigenvalue weighted by Crippen LogP contribution is 2.24. The fourth-order valence-electron chi connectivity index (χ4n) is 1.21. The fraction of sp³-hybridized carbons (Fsp3) is 0.300. The molecule has 0 radical (unpaired) electrons. The van der Waals surface area contributed by atoms with Crippen LogP contribution in [0.1, 0.15) is 10.4 Å². The average Bonchev–Trinajstić information content (AvgIpc) is 2.30. The molecule has 18 heavy (non-hydrogen) atoms. The second-order valence-electron chi connectivity index (χ2n) is 3.38. The van der Waals surface area contributed by atoms with Crippen LogP contribution in [0.5, 0.6) is 0 Å².